The minimum Gasteiger partial charge on any atom is -0.464 e. The van der Waals surface area contributed by atoms with Gasteiger partial charge in [-0.3, -0.25) is 0 Å². The lowest BCUT2D eigenvalue weighted by Gasteiger charge is -2.06. The number of hydrogen-bond donors (Lipinski definition) is 1. The highest BCUT2D eigenvalue weighted by Gasteiger charge is 1.97. The highest BCUT2D eigenvalue weighted by atomic mass is 35.5. The molecule has 11 heavy (non-hydrogen) atoms. The van der Waals surface area contributed by atoms with Gasteiger partial charge in [-0.15, -0.1) is 12.6 Å². The van der Waals surface area contributed by atoms with Gasteiger partial charge in [0.05, 0.1) is 5.02 Å². The van der Waals surface area contributed by atoms with E-state index < -0.39 is 0 Å². The SMILES string of the molecule is CC(S)Oc1ccc(Cl)cn1. The molecule has 0 spiro atoms. The maximum Gasteiger partial charge on any atom is 0.214 e. The third-order valence-electron chi connectivity index (χ3n) is 0.992. The van der Waals surface area contributed by atoms with Crippen molar-refractivity contribution in [1.29, 1.82) is 0 Å². The molecule has 2 nitrogen and oxygen atoms in total. The van der Waals surface area contributed by atoms with E-state index in [4.69, 9.17) is 16.3 Å². The van der Waals surface area contributed by atoms with Crippen molar-refractivity contribution in [3.63, 3.8) is 0 Å². The van der Waals surface area contributed by atoms with Crippen molar-refractivity contribution in [1.82, 2.24) is 4.98 Å². The van der Waals surface area contributed by atoms with E-state index in [1.165, 1.54) is 6.20 Å². The van der Waals surface area contributed by atoms with E-state index in [9.17, 15) is 0 Å². The molecule has 1 rings (SSSR count). The lowest BCUT2D eigenvalue weighted by molar-refractivity contribution is 0.297. The third-order valence-corrected chi connectivity index (χ3v) is 1.32. The number of rotatable bonds is 2. The Balaban J connectivity index is 2.66. The molecule has 0 aromatic carbocycles. The molecule has 0 saturated heterocycles. The molecular weight excluding hydrogens is 182 g/mol. The van der Waals surface area contributed by atoms with Gasteiger partial charge in [0.1, 0.15) is 5.44 Å². The monoisotopic (exact) mass is 189 g/mol. The summed E-state index contributed by atoms with van der Waals surface area (Å²) in [4.78, 5) is 3.92. The van der Waals surface area contributed by atoms with E-state index in [0.29, 0.717) is 10.9 Å². The lowest BCUT2D eigenvalue weighted by Crippen LogP contribution is -2.03. The van der Waals surface area contributed by atoms with Crippen LogP contribution in [0, 0.1) is 0 Å². The van der Waals surface area contributed by atoms with Crippen LogP contribution >= 0.6 is 24.2 Å². The summed E-state index contributed by atoms with van der Waals surface area (Å²) >= 11 is 9.65. The molecule has 1 aromatic heterocycles. The molecule has 0 bridgehead atoms. The van der Waals surface area contributed by atoms with Crippen LogP contribution in [0.25, 0.3) is 0 Å². The maximum absolute atomic E-state index is 5.61. The lowest BCUT2D eigenvalue weighted by atomic mass is 10.5. The minimum absolute atomic E-state index is 0.149. The van der Waals surface area contributed by atoms with Crippen LogP contribution in [0.4, 0.5) is 0 Å². The second-order valence-corrected chi connectivity index (χ2v) is 3.20. The zero-order chi connectivity index (χ0) is 8.27. The molecule has 0 aliphatic heterocycles. The molecule has 0 radical (unpaired) electrons. The summed E-state index contributed by atoms with van der Waals surface area (Å²) in [5.41, 5.74) is -0.149. The Morgan fingerprint density at radius 3 is 2.82 bits per heavy atom. The van der Waals surface area contributed by atoms with Crippen LogP contribution in [0.1, 0.15) is 6.92 Å². The van der Waals surface area contributed by atoms with Gasteiger partial charge >= 0.3 is 0 Å². The number of aromatic nitrogens is 1. The molecule has 0 aliphatic carbocycles. The molecule has 1 heterocycles. The standard InChI is InChI=1S/C7H8ClNOS/c1-5(11)10-7-3-2-6(8)4-9-7/h2-5,11H,1H3. The van der Waals surface area contributed by atoms with Gasteiger partial charge in [0, 0.05) is 12.3 Å². The van der Waals surface area contributed by atoms with Crippen LogP contribution in [-0.4, -0.2) is 10.4 Å². The summed E-state index contributed by atoms with van der Waals surface area (Å²) in [5.74, 6) is 0.539. The number of hydrogen-bond acceptors (Lipinski definition) is 3. The molecule has 60 valence electrons. The highest BCUT2D eigenvalue weighted by Crippen LogP contribution is 2.13. The number of ether oxygens (including phenoxy) is 1. The second-order valence-electron chi connectivity index (χ2n) is 2.03. The van der Waals surface area contributed by atoms with Crippen LogP contribution < -0.4 is 4.74 Å². The zero-order valence-electron chi connectivity index (χ0n) is 5.99. The summed E-state index contributed by atoms with van der Waals surface area (Å²) in [6.45, 7) is 1.82. The van der Waals surface area contributed by atoms with Crippen molar-refractivity contribution in [3.05, 3.63) is 23.4 Å². The van der Waals surface area contributed by atoms with Crippen LogP contribution in [0.15, 0.2) is 18.3 Å². The normalized spacial score (nSPS) is 12.6. The Morgan fingerprint density at radius 1 is 1.64 bits per heavy atom. The Morgan fingerprint density at radius 2 is 2.36 bits per heavy atom. The molecule has 0 N–H and O–H groups in total. The first-order valence-corrected chi connectivity index (χ1v) is 4.04. The Kier molecular flexibility index (Phi) is 3.02. The van der Waals surface area contributed by atoms with Gasteiger partial charge in [-0.05, 0) is 13.0 Å². The summed E-state index contributed by atoms with van der Waals surface area (Å²) < 4.78 is 5.16. The average Bonchev–Trinajstić information content (AvgIpc) is 1.93. The van der Waals surface area contributed by atoms with Gasteiger partial charge in [-0.1, -0.05) is 11.6 Å². The average molecular weight is 190 g/mol. The van der Waals surface area contributed by atoms with Gasteiger partial charge in [-0.2, -0.15) is 0 Å². The number of halogens is 1. The van der Waals surface area contributed by atoms with Crippen LogP contribution in [-0.2, 0) is 0 Å². The zero-order valence-corrected chi connectivity index (χ0v) is 7.64. The first kappa shape index (κ1) is 8.68. The first-order chi connectivity index (χ1) is 5.18. The molecule has 1 unspecified atom stereocenters. The third kappa shape index (κ3) is 2.99. The van der Waals surface area contributed by atoms with Crippen LogP contribution in [0.3, 0.4) is 0 Å². The van der Waals surface area contributed by atoms with Gasteiger partial charge in [0.2, 0.25) is 5.88 Å². The van der Waals surface area contributed by atoms with Crippen molar-refractivity contribution < 1.29 is 4.74 Å². The number of thiol groups is 1. The summed E-state index contributed by atoms with van der Waals surface area (Å²) in [5, 5.41) is 0.601. The van der Waals surface area contributed by atoms with Gasteiger partial charge < -0.3 is 4.74 Å². The molecule has 1 aromatic rings. The smallest absolute Gasteiger partial charge is 0.214 e. The summed E-state index contributed by atoms with van der Waals surface area (Å²) in [7, 11) is 0. The van der Waals surface area contributed by atoms with Crippen molar-refractivity contribution in [3.8, 4) is 5.88 Å². The number of pyridine rings is 1. The topological polar surface area (TPSA) is 22.1 Å². The van der Waals surface area contributed by atoms with Gasteiger partial charge in [0.15, 0.2) is 0 Å². The quantitative estimate of drug-likeness (QED) is 0.570. The second kappa shape index (κ2) is 3.83. The minimum atomic E-state index is -0.149. The van der Waals surface area contributed by atoms with E-state index in [2.05, 4.69) is 17.6 Å². The predicted octanol–water partition coefficient (Wildman–Crippen LogP) is 2.39. The fourth-order valence-electron chi connectivity index (χ4n) is 0.607. The summed E-state index contributed by atoms with van der Waals surface area (Å²) in [6, 6.07) is 3.43. The predicted molar refractivity (Wildman–Crippen MR) is 48.3 cm³/mol. The maximum atomic E-state index is 5.61. The Labute approximate surface area is 76.0 Å². The van der Waals surface area contributed by atoms with Crippen molar-refractivity contribution in [2.24, 2.45) is 0 Å². The molecule has 4 heteroatoms. The molecule has 1 atom stereocenters. The fraction of sp³-hybridized carbons (Fsp3) is 0.286. The fourth-order valence-corrected chi connectivity index (χ4v) is 0.826. The van der Waals surface area contributed by atoms with Crippen LogP contribution in [0.2, 0.25) is 5.02 Å². The molecule has 0 amide bonds. The van der Waals surface area contributed by atoms with E-state index in [0.717, 1.165) is 0 Å². The molecule has 0 fully saturated rings. The van der Waals surface area contributed by atoms with Crippen molar-refractivity contribution in [2.45, 2.75) is 12.4 Å². The Bertz CT molecular complexity index is 224. The van der Waals surface area contributed by atoms with E-state index >= 15 is 0 Å². The van der Waals surface area contributed by atoms with E-state index in [1.54, 1.807) is 12.1 Å². The van der Waals surface area contributed by atoms with Crippen molar-refractivity contribution in [2.75, 3.05) is 0 Å². The molecule has 0 saturated carbocycles. The van der Waals surface area contributed by atoms with E-state index in [-0.39, 0.29) is 5.44 Å². The molecular formula is C7H8ClNOS. The largest absolute Gasteiger partial charge is 0.464 e. The number of nitrogens with zero attached hydrogens (tertiary/aromatic N) is 1. The van der Waals surface area contributed by atoms with Crippen LogP contribution in [0.5, 0.6) is 5.88 Å². The summed E-state index contributed by atoms with van der Waals surface area (Å²) in [6.07, 6.45) is 1.53. The van der Waals surface area contributed by atoms with Gasteiger partial charge in [-0.25, -0.2) is 4.98 Å². The highest BCUT2D eigenvalue weighted by molar-refractivity contribution is 7.80. The van der Waals surface area contributed by atoms with E-state index in [1.807, 2.05) is 6.92 Å². The van der Waals surface area contributed by atoms with Crippen molar-refractivity contribution >= 4 is 24.2 Å². The van der Waals surface area contributed by atoms with Gasteiger partial charge in [0.25, 0.3) is 0 Å². The Hall–Kier alpha value is -0.410. The molecule has 0 aliphatic rings. The first-order valence-electron chi connectivity index (χ1n) is 3.15.